The van der Waals surface area contributed by atoms with Gasteiger partial charge in [-0.05, 0) is 44.2 Å². The molecule has 0 amide bonds. The van der Waals surface area contributed by atoms with E-state index in [1.807, 2.05) is 6.07 Å². The highest BCUT2D eigenvalue weighted by atomic mass is 16.6. The first-order valence-electron chi connectivity index (χ1n) is 15.9. The van der Waals surface area contributed by atoms with Gasteiger partial charge in [0.05, 0.1) is 31.3 Å². The monoisotopic (exact) mass is 610 g/mol. The van der Waals surface area contributed by atoms with Crippen molar-refractivity contribution in [1.29, 1.82) is 0 Å². The van der Waals surface area contributed by atoms with Crippen LogP contribution in [0.15, 0.2) is 46.3 Å². The van der Waals surface area contributed by atoms with Crippen LogP contribution in [0.2, 0.25) is 0 Å². The van der Waals surface area contributed by atoms with Gasteiger partial charge in [-0.2, -0.15) is 0 Å². The van der Waals surface area contributed by atoms with E-state index in [1.54, 1.807) is 32.4 Å². The van der Waals surface area contributed by atoms with E-state index < -0.39 is 64.1 Å². The standard InChI is InChI=1S/C35H46O9/c1-9-18(2)31(39)44-27-15-25(42-19(3)36)32(5)17-41-28-29(32)35(27,8)24-14-26(43-20(4)37)33(6)22(21-12-13-40-16-21)10-11-23(33)34(24,7)30(28)38/h9,11-13,16,22,24-30,38H,10,14-15,17H2,1-8H3/b18-9+. The van der Waals surface area contributed by atoms with Gasteiger partial charge in [0, 0.05) is 59.3 Å². The van der Waals surface area contributed by atoms with Gasteiger partial charge in [0.2, 0.25) is 0 Å². The molecule has 1 aromatic rings. The Hall–Kier alpha value is -2.91. The van der Waals surface area contributed by atoms with Gasteiger partial charge in [-0.3, -0.25) is 9.59 Å². The molecule has 1 N–H and O–H groups in total. The molecule has 4 aliphatic carbocycles. The van der Waals surface area contributed by atoms with Gasteiger partial charge < -0.3 is 28.5 Å². The highest BCUT2D eigenvalue weighted by molar-refractivity contribution is 5.87. The summed E-state index contributed by atoms with van der Waals surface area (Å²) in [6.45, 7) is 15.1. The van der Waals surface area contributed by atoms with Crippen LogP contribution in [-0.4, -0.2) is 60.1 Å². The number of aliphatic hydroxyl groups excluding tert-OH is 1. The topological polar surface area (TPSA) is 122 Å². The lowest BCUT2D eigenvalue weighted by molar-refractivity contribution is -0.270. The molecule has 6 rings (SSSR count). The summed E-state index contributed by atoms with van der Waals surface area (Å²) < 4.78 is 30.6. The van der Waals surface area contributed by atoms with Crippen molar-refractivity contribution in [2.24, 2.45) is 33.5 Å². The number of hydrogen-bond donors (Lipinski definition) is 1. The molecular weight excluding hydrogens is 564 g/mol. The van der Waals surface area contributed by atoms with E-state index in [0.29, 0.717) is 31.4 Å². The molecule has 0 radical (unpaired) electrons. The Morgan fingerprint density at radius 2 is 1.64 bits per heavy atom. The molecule has 44 heavy (non-hydrogen) atoms. The predicted octanol–water partition coefficient (Wildman–Crippen LogP) is 5.27. The van der Waals surface area contributed by atoms with E-state index in [0.717, 1.165) is 11.1 Å². The van der Waals surface area contributed by atoms with Crippen LogP contribution in [0.5, 0.6) is 0 Å². The number of allylic oxidation sites excluding steroid dienone is 2. The maximum atomic E-state index is 13.4. The first-order valence-corrected chi connectivity index (χ1v) is 15.9. The molecule has 5 aliphatic rings. The molecular formula is C35H46O9. The number of fused-ring (bicyclic) bond motifs is 4. The Morgan fingerprint density at radius 3 is 2.25 bits per heavy atom. The third kappa shape index (κ3) is 4.00. The van der Waals surface area contributed by atoms with Crippen molar-refractivity contribution in [2.75, 3.05) is 6.61 Å². The van der Waals surface area contributed by atoms with Gasteiger partial charge in [-0.1, -0.05) is 45.4 Å². The Kier molecular flexibility index (Phi) is 7.28. The second kappa shape index (κ2) is 10.3. The number of carbonyl (C=O) groups is 3. The van der Waals surface area contributed by atoms with E-state index in [4.69, 9.17) is 23.4 Å². The average molecular weight is 611 g/mol. The fourth-order valence-corrected chi connectivity index (χ4v) is 10.6. The molecule has 0 aromatic carbocycles. The Balaban J connectivity index is 1.54. The summed E-state index contributed by atoms with van der Waals surface area (Å²) in [5, 5.41) is 12.5. The minimum absolute atomic E-state index is 0.0171. The molecule has 12 unspecified atom stereocenters. The van der Waals surface area contributed by atoms with Gasteiger partial charge in [-0.25, -0.2) is 4.79 Å². The molecule has 0 spiro atoms. The largest absolute Gasteiger partial charge is 0.472 e. The minimum Gasteiger partial charge on any atom is -0.472 e. The summed E-state index contributed by atoms with van der Waals surface area (Å²) in [7, 11) is 0. The van der Waals surface area contributed by atoms with Crippen LogP contribution in [0.1, 0.15) is 86.1 Å². The molecule has 240 valence electrons. The number of furan rings is 1. The van der Waals surface area contributed by atoms with Crippen LogP contribution in [0, 0.1) is 33.5 Å². The second-order valence-corrected chi connectivity index (χ2v) is 14.7. The van der Waals surface area contributed by atoms with Crippen LogP contribution < -0.4 is 0 Å². The van der Waals surface area contributed by atoms with Gasteiger partial charge in [-0.15, -0.1) is 0 Å². The molecule has 2 heterocycles. The molecule has 1 aromatic heterocycles. The molecule has 9 nitrogen and oxygen atoms in total. The number of ether oxygens (including phenoxy) is 4. The van der Waals surface area contributed by atoms with Crippen LogP contribution in [0.25, 0.3) is 0 Å². The van der Waals surface area contributed by atoms with Gasteiger partial charge >= 0.3 is 17.9 Å². The van der Waals surface area contributed by atoms with Crippen LogP contribution >= 0.6 is 0 Å². The van der Waals surface area contributed by atoms with Crippen molar-refractivity contribution in [1.82, 2.24) is 0 Å². The quantitative estimate of drug-likeness (QED) is 0.206. The van der Waals surface area contributed by atoms with E-state index in [2.05, 4.69) is 33.8 Å². The van der Waals surface area contributed by atoms with Crippen molar-refractivity contribution in [3.8, 4) is 0 Å². The molecule has 9 heteroatoms. The summed E-state index contributed by atoms with van der Waals surface area (Å²) >= 11 is 0. The number of hydrogen-bond acceptors (Lipinski definition) is 9. The zero-order valence-corrected chi connectivity index (χ0v) is 27.0. The van der Waals surface area contributed by atoms with E-state index in [-0.39, 0.29) is 23.7 Å². The van der Waals surface area contributed by atoms with Crippen molar-refractivity contribution >= 4 is 17.9 Å². The number of aliphatic hydroxyl groups is 1. The van der Waals surface area contributed by atoms with Crippen molar-refractivity contribution in [3.63, 3.8) is 0 Å². The molecule has 0 bridgehead atoms. The molecule has 12 atom stereocenters. The lowest BCUT2D eigenvalue weighted by Crippen LogP contribution is -2.74. The maximum absolute atomic E-state index is 13.4. The van der Waals surface area contributed by atoms with Gasteiger partial charge in [0.15, 0.2) is 0 Å². The van der Waals surface area contributed by atoms with E-state index >= 15 is 0 Å². The highest BCUT2D eigenvalue weighted by Crippen LogP contribution is 2.75. The highest BCUT2D eigenvalue weighted by Gasteiger charge is 2.78. The number of rotatable bonds is 5. The summed E-state index contributed by atoms with van der Waals surface area (Å²) in [6, 6.07) is 1.96. The third-order valence-electron chi connectivity index (χ3n) is 12.7. The Morgan fingerprint density at radius 1 is 0.955 bits per heavy atom. The number of carbonyl (C=O) groups excluding carboxylic acids is 3. The van der Waals surface area contributed by atoms with Gasteiger partial charge in [0.1, 0.15) is 18.3 Å². The Labute approximate surface area is 259 Å². The van der Waals surface area contributed by atoms with Crippen molar-refractivity contribution < 1.29 is 42.9 Å². The van der Waals surface area contributed by atoms with Crippen molar-refractivity contribution in [3.05, 3.63) is 47.5 Å². The predicted molar refractivity (Wildman–Crippen MR) is 159 cm³/mol. The van der Waals surface area contributed by atoms with Gasteiger partial charge in [0.25, 0.3) is 0 Å². The lowest BCUT2D eigenvalue weighted by atomic mass is 9.36. The van der Waals surface area contributed by atoms with Crippen molar-refractivity contribution in [2.45, 2.75) is 111 Å². The first-order chi connectivity index (χ1) is 20.6. The fraction of sp³-hybridized carbons (Fsp3) is 0.686. The summed E-state index contributed by atoms with van der Waals surface area (Å²) in [5.41, 5.74) is -0.215. The molecule has 4 fully saturated rings. The first kappa shape index (κ1) is 31.1. The van der Waals surface area contributed by atoms with Crippen LogP contribution in [0.4, 0.5) is 0 Å². The summed E-state index contributed by atoms with van der Waals surface area (Å²) in [5.74, 6) is -1.79. The SMILES string of the molecule is C/C=C(\C)C(=O)OC1CC(OC(C)=O)C2(C)COC3C(O)C4(C)C5=CCC(c6ccoc6)C5(C)C(OC(C)=O)CC4C1(C)C32. The summed E-state index contributed by atoms with van der Waals surface area (Å²) in [4.78, 5) is 38.4. The summed E-state index contributed by atoms with van der Waals surface area (Å²) in [6.07, 6.45) is 5.61. The fourth-order valence-electron chi connectivity index (χ4n) is 10.6. The average Bonchev–Trinajstić information content (AvgIpc) is 3.69. The molecule has 3 saturated carbocycles. The number of esters is 3. The zero-order chi connectivity index (χ0) is 32.0. The van der Waals surface area contributed by atoms with Crippen LogP contribution in [-0.2, 0) is 33.3 Å². The molecule has 1 saturated heterocycles. The molecule has 1 aliphatic heterocycles. The smallest absolute Gasteiger partial charge is 0.333 e. The third-order valence-corrected chi connectivity index (χ3v) is 12.7. The normalized spacial score (nSPS) is 45.8. The lowest BCUT2D eigenvalue weighted by Gasteiger charge is -2.70. The van der Waals surface area contributed by atoms with Crippen LogP contribution in [0.3, 0.4) is 0 Å². The van der Waals surface area contributed by atoms with E-state index in [9.17, 15) is 19.5 Å². The zero-order valence-electron chi connectivity index (χ0n) is 27.0. The Bertz CT molecular complexity index is 1410. The second-order valence-electron chi connectivity index (χ2n) is 14.7. The van der Waals surface area contributed by atoms with E-state index in [1.165, 1.54) is 13.8 Å². The maximum Gasteiger partial charge on any atom is 0.333 e. The minimum atomic E-state index is -0.899.